The Balaban J connectivity index is 1.50. The Morgan fingerprint density at radius 2 is 2.24 bits per heavy atom. The third-order valence-electron chi connectivity index (χ3n) is 5.86. The SMILES string of the molecule is CC(=O)SCCO[PH](=O)C[C@]12C[C@@H]1[C@@H](n1cnc3c(N)nc(C)nc31)[C@H](O)[C@@H]2O. The summed E-state index contributed by atoms with van der Waals surface area (Å²) in [4.78, 5) is 23.7. The molecule has 2 saturated carbocycles. The number of fused-ring (bicyclic) bond motifs is 2. The van der Waals surface area contributed by atoms with Crippen LogP contribution in [-0.2, 0) is 13.9 Å². The van der Waals surface area contributed by atoms with E-state index in [1.54, 1.807) is 17.8 Å². The number of carbonyl (C=O) groups excluding carboxylic acids is 1. The standard InChI is InChI=1S/C17H24N5O5PS/c1-8-20-15(18)11-16(21-8)22(7-19-11)12-10-5-17(10,14(25)13(12)24)6-28(26)27-3-4-29-9(2)23/h7,10,12-14,24-25,28H,3-6H2,1-2H3,(H2,18,20,21)/t10-,12-,13+,14+,17-/m1/s1. The average molecular weight is 441 g/mol. The Morgan fingerprint density at radius 3 is 2.97 bits per heavy atom. The minimum absolute atomic E-state index is 0.0152. The molecule has 29 heavy (non-hydrogen) atoms. The summed E-state index contributed by atoms with van der Waals surface area (Å²) < 4.78 is 19.6. The van der Waals surface area contributed by atoms with Crippen molar-refractivity contribution in [3.8, 4) is 0 Å². The van der Waals surface area contributed by atoms with Crippen molar-refractivity contribution in [1.82, 2.24) is 19.5 Å². The summed E-state index contributed by atoms with van der Waals surface area (Å²) in [5.74, 6) is 1.14. The van der Waals surface area contributed by atoms with Gasteiger partial charge in [0.15, 0.2) is 24.6 Å². The number of rotatable bonds is 7. The third-order valence-corrected chi connectivity index (χ3v) is 8.11. The fourth-order valence-electron chi connectivity index (χ4n) is 4.51. The number of nitrogen functional groups attached to an aromatic ring is 1. The van der Waals surface area contributed by atoms with Crippen LogP contribution in [0.2, 0.25) is 0 Å². The zero-order valence-electron chi connectivity index (χ0n) is 16.1. The van der Waals surface area contributed by atoms with E-state index in [0.29, 0.717) is 29.2 Å². The van der Waals surface area contributed by atoms with Gasteiger partial charge in [0.05, 0.1) is 25.1 Å². The van der Waals surface area contributed by atoms with E-state index in [0.717, 1.165) is 11.8 Å². The lowest BCUT2D eigenvalue weighted by Gasteiger charge is -2.24. The molecule has 1 unspecified atom stereocenters. The first kappa shape index (κ1) is 20.7. The first-order chi connectivity index (χ1) is 13.7. The van der Waals surface area contributed by atoms with E-state index in [2.05, 4.69) is 15.0 Å². The smallest absolute Gasteiger partial charge is 0.192 e. The van der Waals surface area contributed by atoms with E-state index in [-0.39, 0.29) is 29.6 Å². The summed E-state index contributed by atoms with van der Waals surface area (Å²) in [5, 5.41) is 21.5. The highest BCUT2D eigenvalue weighted by atomic mass is 32.2. The van der Waals surface area contributed by atoms with Crippen LogP contribution in [0.25, 0.3) is 11.2 Å². The molecule has 0 saturated heterocycles. The number of anilines is 1. The molecule has 0 aromatic carbocycles. The van der Waals surface area contributed by atoms with Crippen LogP contribution >= 0.6 is 19.8 Å². The lowest BCUT2D eigenvalue weighted by molar-refractivity contribution is -0.109. The van der Waals surface area contributed by atoms with Gasteiger partial charge in [-0.3, -0.25) is 9.36 Å². The van der Waals surface area contributed by atoms with Crippen molar-refractivity contribution in [2.24, 2.45) is 11.3 Å². The molecule has 2 aromatic heterocycles. The molecule has 10 nitrogen and oxygen atoms in total. The average Bonchev–Trinajstić information content (AvgIpc) is 3.12. The fourth-order valence-corrected chi connectivity index (χ4v) is 6.70. The van der Waals surface area contributed by atoms with Crippen LogP contribution < -0.4 is 5.73 Å². The minimum atomic E-state index is -2.41. The number of imidazole rings is 1. The van der Waals surface area contributed by atoms with Crippen molar-refractivity contribution in [3.63, 3.8) is 0 Å². The van der Waals surface area contributed by atoms with Crippen molar-refractivity contribution in [2.75, 3.05) is 24.3 Å². The Hall–Kier alpha value is -1.52. The lowest BCUT2D eigenvalue weighted by atomic mass is 10.0. The topological polar surface area (TPSA) is 153 Å². The van der Waals surface area contributed by atoms with Crippen molar-refractivity contribution in [3.05, 3.63) is 12.2 Å². The van der Waals surface area contributed by atoms with Gasteiger partial charge in [0.1, 0.15) is 17.4 Å². The third kappa shape index (κ3) is 3.59. The number of aliphatic hydroxyl groups is 2. The molecule has 0 bridgehead atoms. The van der Waals surface area contributed by atoms with Gasteiger partial charge in [-0.05, 0) is 19.3 Å². The lowest BCUT2D eigenvalue weighted by Crippen LogP contribution is -2.35. The predicted molar refractivity (Wildman–Crippen MR) is 109 cm³/mol. The largest absolute Gasteiger partial charge is 0.390 e. The van der Waals surface area contributed by atoms with Gasteiger partial charge in [0, 0.05) is 24.3 Å². The van der Waals surface area contributed by atoms with E-state index in [9.17, 15) is 19.6 Å². The molecule has 2 fully saturated rings. The number of nitrogens with zero attached hydrogens (tertiary/aromatic N) is 4. The second-order valence-corrected chi connectivity index (χ2v) is 10.3. The van der Waals surface area contributed by atoms with Crippen LogP contribution in [0.1, 0.15) is 25.2 Å². The summed E-state index contributed by atoms with van der Waals surface area (Å²) in [5.41, 5.74) is 6.26. The van der Waals surface area contributed by atoms with Crippen LogP contribution in [0.4, 0.5) is 5.82 Å². The maximum Gasteiger partial charge on any atom is 0.192 e. The number of carbonyl (C=O) groups is 1. The fraction of sp³-hybridized carbons (Fsp3) is 0.647. The molecule has 0 aliphatic heterocycles. The molecule has 0 amide bonds. The predicted octanol–water partition coefficient (Wildman–Crippen LogP) is 0.771. The molecule has 0 spiro atoms. The Bertz CT molecular complexity index is 987. The van der Waals surface area contributed by atoms with E-state index in [1.807, 2.05) is 0 Å². The van der Waals surface area contributed by atoms with Crippen molar-refractivity contribution < 1.29 is 24.1 Å². The number of nitrogens with two attached hydrogens (primary N) is 1. The first-order valence-corrected chi connectivity index (χ1v) is 11.9. The second-order valence-electron chi connectivity index (χ2n) is 7.69. The first-order valence-electron chi connectivity index (χ1n) is 9.36. The maximum absolute atomic E-state index is 12.4. The Labute approximate surface area is 172 Å². The molecule has 6 atom stereocenters. The molecule has 2 heterocycles. The summed E-state index contributed by atoms with van der Waals surface area (Å²) in [6, 6.07) is -0.438. The quantitative estimate of drug-likeness (QED) is 0.415. The molecular formula is C17H24N5O5PS. The highest BCUT2D eigenvalue weighted by Gasteiger charge is 2.71. The second kappa shape index (κ2) is 7.63. The van der Waals surface area contributed by atoms with Crippen LogP contribution in [0.5, 0.6) is 0 Å². The summed E-state index contributed by atoms with van der Waals surface area (Å²) in [6.07, 6.45) is 0.342. The number of aromatic nitrogens is 4. The molecule has 158 valence electrons. The van der Waals surface area contributed by atoms with Crippen LogP contribution in [-0.4, -0.2) is 65.6 Å². The summed E-state index contributed by atoms with van der Waals surface area (Å²) >= 11 is 1.12. The Kier molecular flexibility index (Phi) is 5.45. The molecule has 2 aliphatic carbocycles. The highest BCUT2D eigenvalue weighted by Crippen LogP contribution is 2.70. The molecule has 12 heteroatoms. The highest BCUT2D eigenvalue weighted by molar-refractivity contribution is 8.13. The number of aryl methyl sites for hydroxylation is 1. The summed E-state index contributed by atoms with van der Waals surface area (Å²) in [6.45, 7) is 3.41. The zero-order valence-corrected chi connectivity index (χ0v) is 17.9. The number of hydrogen-bond acceptors (Lipinski definition) is 10. The van der Waals surface area contributed by atoms with E-state index >= 15 is 0 Å². The molecule has 4 N–H and O–H groups in total. The minimum Gasteiger partial charge on any atom is -0.390 e. The normalized spacial score (nSPS) is 31.7. The number of aliphatic hydroxyl groups excluding tert-OH is 2. The van der Waals surface area contributed by atoms with E-state index < -0.39 is 31.7 Å². The number of hydrogen-bond donors (Lipinski definition) is 3. The van der Waals surface area contributed by atoms with Crippen molar-refractivity contribution >= 4 is 41.9 Å². The molecular weight excluding hydrogens is 417 g/mol. The van der Waals surface area contributed by atoms with Gasteiger partial charge < -0.3 is 25.0 Å². The van der Waals surface area contributed by atoms with Gasteiger partial charge in [0.25, 0.3) is 0 Å². The van der Waals surface area contributed by atoms with E-state index in [1.165, 1.54) is 6.92 Å². The van der Waals surface area contributed by atoms with Crippen LogP contribution in [0.15, 0.2) is 6.33 Å². The van der Waals surface area contributed by atoms with Gasteiger partial charge in [-0.25, -0.2) is 15.0 Å². The van der Waals surface area contributed by atoms with Gasteiger partial charge in [-0.2, -0.15) is 0 Å². The monoisotopic (exact) mass is 441 g/mol. The zero-order chi connectivity index (χ0) is 20.9. The van der Waals surface area contributed by atoms with Crippen molar-refractivity contribution in [1.29, 1.82) is 0 Å². The molecule has 0 radical (unpaired) electrons. The van der Waals surface area contributed by atoms with Gasteiger partial charge >= 0.3 is 0 Å². The van der Waals surface area contributed by atoms with Crippen LogP contribution in [0, 0.1) is 18.3 Å². The molecule has 4 rings (SSSR count). The van der Waals surface area contributed by atoms with Crippen LogP contribution in [0.3, 0.4) is 0 Å². The van der Waals surface area contributed by atoms with Gasteiger partial charge in [-0.15, -0.1) is 0 Å². The molecule has 2 aliphatic rings. The van der Waals surface area contributed by atoms with E-state index in [4.69, 9.17) is 10.3 Å². The Morgan fingerprint density at radius 1 is 1.48 bits per heavy atom. The summed E-state index contributed by atoms with van der Waals surface area (Å²) in [7, 11) is -2.41. The van der Waals surface area contributed by atoms with Gasteiger partial charge in [0.2, 0.25) is 0 Å². The maximum atomic E-state index is 12.4. The molecule has 2 aromatic rings. The van der Waals surface area contributed by atoms with Crippen molar-refractivity contribution in [2.45, 2.75) is 38.5 Å². The number of thioether (sulfide) groups is 1. The van der Waals surface area contributed by atoms with Gasteiger partial charge in [-0.1, -0.05) is 11.8 Å².